The van der Waals surface area contributed by atoms with Crippen molar-refractivity contribution in [3.63, 3.8) is 0 Å². The Balaban J connectivity index is 2.11. The first-order chi connectivity index (χ1) is 12.1. The molecule has 2 atom stereocenters. The molecule has 5 heteroatoms. The number of nitrogens with one attached hydrogen (secondary N) is 2. The van der Waals surface area contributed by atoms with E-state index in [9.17, 15) is 0 Å². The Kier molecular flexibility index (Phi) is 8.22. The van der Waals surface area contributed by atoms with Gasteiger partial charge >= 0.3 is 0 Å². The van der Waals surface area contributed by atoms with Crippen molar-refractivity contribution in [1.82, 2.24) is 15.5 Å². The average molecular weight is 347 g/mol. The van der Waals surface area contributed by atoms with Gasteiger partial charge < -0.3 is 15.4 Å². The number of guanidine groups is 1. The van der Waals surface area contributed by atoms with Crippen LogP contribution in [0.1, 0.15) is 43.9 Å². The minimum absolute atomic E-state index is 0.229. The molecule has 1 heterocycles. The second-order valence-electron chi connectivity index (χ2n) is 6.89. The smallest absolute Gasteiger partial charge is 0.191 e. The summed E-state index contributed by atoms with van der Waals surface area (Å²) in [4.78, 5) is 7.44. The lowest BCUT2D eigenvalue weighted by Crippen LogP contribution is -2.44. The zero-order valence-corrected chi connectivity index (χ0v) is 16.2. The molecule has 1 saturated heterocycles. The fourth-order valence-corrected chi connectivity index (χ4v) is 3.30. The molecule has 0 bridgehead atoms. The Bertz CT molecular complexity index is 523. The van der Waals surface area contributed by atoms with Crippen LogP contribution in [-0.2, 0) is 4.74 Å². The van der Waals surface area contributed by atoms with Crippen LogP contribution in [-0.4, -0.2) is 56.8 Å². The monoisotopic (exact) mass is 346 g/mol. The Hall–Kier alpha value is -1.59. The molecule has 0 radical (unpaired) electrons. The van der Waals surface area contributed by atoms with Gasteiger partial charge in [-0.05, 0) is 52.3 Å². The van der Waals surface area contributed by atoms with Crippen LogP contribution in [0, 0.1) is 6.92 Å². The van der Waals surface area contributed by atoms with E-state index in [0.717, 1.165) is 32.1 Å². The Morgan fingerprint density at radius 1 is 1.24 bits per heavy atom. The summed E-state index contributed by atoms with van der Waals surface area (Å²) in [7, 11) is 1.73. The predicted molar refractivity (Wildman–Crippen MR) is 105 cm³/mol. The largest absolute Gasteiger partial charge is 0.383 e. The van der Waals surface area contributed by atoms with Crippen molar-refractivity contribution >= 4 is 5.96 Å². The molecule has 0 spiro atoms. The summed E-state index contributed by atoms with van der Waals surface area (Å²) in [6, 6.07) is 9.48. The number of rotatable bonds is 8. The number of methoxy groups -OCH3 is 1. The minimum atomic E-state index is 0.229. The van der Waals surface area contributed by atoms with Gasteiger partial charge in [-0.25, -0.2) is 0 Å². The van der Waals surface area contributed by atoms with Crippen molar-refractivity contribution in [1.29, 1.82) is 0 Å². The number of aliphatic imine (C=N–C) groups is 1. The summed E-state index contributed by atoms with van der Waals surface area (Å²) in [6.07, 6.45) is 2.57. The van der Waals surface area contributed by atoms with Gasteiger partial charge in [0, 0.05) is 19.7 Å². The highest BCUT2D eigenvalue weighted by molar-refractivity contribution is 5.80. The fraction of sp³-hybridized carbons (Fsp3) is 0.650. The van der Waals surface area contributed by atoms with E-state index >= 15 is 0 Å². The van der Waals surface area contributed by atoms with E-state index < -0.39 is 0 Å². The number of hydrogen-bond acceptors (Lipinski definition) is 3. The molecule has 5 nitrogen and oxygen atoms in total. The van der Waals surface area contributed by atoms with Crippen molar-refractivity contribution in [2.75, 3.05) is 39.9 Å². The highest BCUT2D eigenvalue weighted by atomic mass is 16.5. The van der Waals surface area contributed by atoms with Gasteiger partial charge in [0.1, 0.15) is 0 Å². The van der Waals surface area contributed by atoms with Crippen molar-refractivity contribution in [3.8, 4) is 0 Å². The molecular weight excluding hydrogens is 312 g/mol. The van der Waals surface area contributed by atoms with Crippen molar-refractivity contribution in [3.05, 3.63) is 35.4 Å². The van der Waals surface area contributed by atoms with E-state index in [2.05, 4.69) is 60.6 Å². The molecule has 1 aliphatic rings. The van der Waals surface area contributed by atoms with Gasteiger partial charge in [-0.2, -0.15) is 0 Å². The van der Waals surface area contributed by atoms with Gasteiger partial charge in [-0.1, -0.05) is 29.8 Å². The van der Waals surface area contributed by atoms with E-state index in [1.807, 2.05) is 0 Å². The van der Waals surface area contributed by atoms with Crippen LogP contribution in [0.2, 0.25) is 0 Å². The van der Waals surface area contributed by atoms with E-state index in [0.29, 0.717) is 12.6 Å². The standard InChI is InChI=1S/C20H34N4O/c1-5-21-20(23-17(3)15-25-4)22-14-19(24-12-6-7-13-24)18-10-8-16(2)9-11-18/h8-11,17,19H,5-7,12-15H2,1-4H3,(H2,21,22,23). The van der Waals surface area contributed by atoms with Gasteiger partial charge in [0.25, 0.3) is 0 Å². The zero-order valence-electron chi connectivity index (χ0n) is 16.2. The quantitative estimate of drug-likeness (QED) is 0.561. The normalized spacial score (nSPS) is 18.2. The van der Waals surface area contributed by atoms with Crippen LogP contribution < -0.4 is 10.6 Å². The molecule has 1 fully saturated rings. The van der Waals surface area contributed by atoms with E-state index in [1.165, 1.54) is 24.0 Å². The topological polar surface area (TPSA) is 48.9 Å². The maximum absolute atomic E-state index is 5.22. The van der Waals surface area contributed by atoms with Gasteiger partial charge in [0.15, 0.2) is 5.96 Å². The third-order valence-corrected chi connectivity index (χ3v) is 4.61. The third kappa shape index (κ3) is 6.33. The second-order valence-corrected chi connectivity index (χ2v) is 6.89. The van der Waals surface area contributed by atoms with Gasteiger partial charge in [-0.3, -0.25) is 9.89 Å². The van der Waals surface area contributed by atoms with Gasteiger partial charge in [-0.15, -0.1) is 0 Å². The SMILES string of the molecule is CCNC(=NCC(c1ccc(C)cc1)N1CCCC1)NC(C)COC. The molecule has 2 unspecified atom stereocenters. The molecule has 0 amide bonds. The maximum atomic E-state index is 5.22. The van der Waals surface area contributed by atoms with Crippen molar-refractivity contribution in [2.45, 2.75) is 45.7 Å². The second kappa shape index (κ2) is 10.4. The number of hydrogen-bond donors (Lipinski definition) is 2. The summed E-state index contributed by atoms with van der Waals surface area (Å²) in [6.45, 7) is 10.9. The molecule has 1 aliphatic heterocycles. The first kappa shape index (κ1) is 19.7. The average Bonchev–Trinajstić information content (AvgIpc) is 3.11. The van der Waals surface area contributed by atoms with Crippen LogP contribution >= 0.6 is 0 Å². The fourth-order valence-electron chi connectivity index (χ4n) is 3.30. The minimum Gasteiger partial charge on any atom is -0.383 e. The lowest BCUT2D eigenvalue weighted by atomic mass is 10.0. The van der Waals surface area contributed by atoms with Crippen molar-refractivity contribution < 1.29 is 4.74 Å². The molecule has 1 aromatic carbocycles. The van der Waals surface area contributed by atoms with E-state index in [-0.39, 0.29) is 6.04 Å². The molecule has 0 saturated carbocycles. The summed E-state index contributed by atoms with van der Waals surface area (Å²) < 4.78 is 5.22. The number of aryl methyl sites for hydroxylation is 1. The van der Waals surface area contributed by atoms with Crippen LogP contribution in [0.5, 0.6) is 0 Å². The van der Waals surface area contributed by atoms with E-state index in [4.69, 9.17) is 9.73 Å². The first-order valence-corrected chi connectivity index (χ1v) is 9.48. The molecule has 140 valence electrons. The molecule has 0 aromatic heterocycles. The number of likely N-dealkylation sites (tertiary alicyclic amines) is 1. The molecule has 1 aromatic rings. The highest BCUT2D eigenvalue weighted by Crippen LogP contribution is 2.25. The van der Waals surface area contributed by atoms with Gasteiger partial charge in [0.2, 0.25) is 0 Å². The van der Waals surface area contributed by atoms with E-state index in [1.54, 1.807) is 7.11 Å². The predicted octanol–water partition coefficient (Wildman–Crippen LogP) is 2.72. The van der Waals surface area contributed by atoms with Gasteiger partial charge in [0.05, 0.1) is 19.2 Å². The maximum Gasteiger partial charge on any atom is 0.191 e. The summed E-state index contributed by atoms with van der Waals surface area (Å²) in [5, 5.41) is 6.76. The molecule has 2 N–H and O–H groups in total. The third-order valence-electron chi connectivity index (χ3n) is 4.61. The Morgan fingerprint density at radius 2 is 1.92 bits per heavy atom. The summed E-state index contributed by atoms with van der Waals surface area (Å²) in [5.74, 6) is 0.864. The lowest BCUT2D eigenvalue weighted by Gasteiger charge is -2.27. The molecule has 0 aliphatic carbocycles. The summed E-state index contributed by atoms with van der Waals surface area (Å²) in [5.41, 5.74) is 2.66. The molecule has 25 heavy (non-hydrogen) atoms. The van der Waals surface area contributed by atoms with Crippen LogP contribution in [0.15, 0.2) is 29.3 Å². The number of nitrogens with zero attached hydrogens (tertiary/aromatic N) is 2. The number of ether oxygens (including phenoxy) is 1. The Morgan fingerprint density at radius 3 is 2.52 bits per heavy atom. The van der Waals surface area contributed by atoms with Crippen LogP contribution in [0.3, 0.4) is 0 Å². The van der Waals surface area contributed by atoms with Crippen molar-refractivity contribution in [2.24, 2.45) is 4.99 Å². The molecule has 2 rings (SSSR count). The lowest BCUT2D eigenvalue weighted by molar-refractivity contribution is 0.179. The zero-order chi connectivity index (χ0) is 18.1. The highest BCUT2D eigenvalue weighted by Gasteiger charge is 2.23. The molecular formula is C20H34N4O. The number of benzene rings is 1. The van der Waals surface area contributed by atoms with Crippen LogP contribution in [0.4, 0.5) is 0 Å². The van der Waals surface area contributed by atoms with Crippen LogP contribution in [0.25, 0.3) is 0 Å². The first-order valence-electron chi connectivity index (χ1n) is 9.48. The Labute approximate surface area is 152 Å². The summed E-state index contributed by atoms with van der Waals surface area (Å²) >= 11 is 0.